The number of nitrogens with two attached hydrogens (primary N) is 1. The van der Waals surface area contributed by atoms with Gasteiger partial charge < -0.3 is 10.3 Å². The van der Waals surface area contributed by atoms with Crippen LogP contribution in [0.4, 0.5) is 4.39 Å². The number of imidazole rings is 1. The minimum atomic E-state index is -0.996. The number of rotatable bonds is 4. The summed E-state index contributed by atoms with van der Waals surface area (Å²) in [5.41, 5.74) is 5.61. The first-order chi connectivity index (χ1) is 8.87. The van der Waals surface area contributed by atoms with Crippen molar-refractivity contribution in [1.29, 1.82) is 0 Å². The molecule has 1 aromatic heterocycles. The van der Waals surface area contributed by atoms with E-state index in [-0.39, 0.29) is 5.82 Å². The number of amides is 1. The van der Waals surface area contributed by atoms with E-state index in [1.807, 2.05) is 0 Å². The first-order valence-corrected chi connectivity index (χ1v) is 6.44. The SMILES string of the molecule is CC(C)(C(N)=O)n1c(CCCl)nc2ccc(F)cc21. The molecule has 0 spiro atoms. The van der Waals surface area contributed by atoms with E-state index in [4.69, 9.17) is 17.3 Å². The summed E-state index contributed by atoms with van der Waals surface area (Å²) >= 11 is 5.75. The average molecular weight is 284 g/mol. The summed E-state index contributed by atoms with van der Waals surface area (Å²) in [6.07, 6.45) is 0.481. The van der Waals surface area contributed by atoms with Crippen molar-refractivity contribution in [3.8, 4) is 0 Å². The van der Waals surface area contributed by atoms with Crippen LogP contribution in [0.1, 0.15) is 19.7 Å². The number of nitrogens with zero attached hydrogens (tertiary/aromatic N) is 2. The van der Waals surface area contributed by atoms with Gasteiger partial charge in [-0.3, -0.25) is 4.79 Å². The van der Waals surface area contributed by atoms with Crippen molar-refractivity contribution in [2.24, 2.45) is 5.73 Å². The van der Waals surface area contributed by atoms with Gasteiger partial charge in [0, 0.05) is 12.3 Å². The number of carbonyl (C=O) groups excluding carboxylic acids is 1. The van der Waals surface area contributed by atoms with Gasteiger partial charge in [-0.15, -0.1) is 11.6 Å². The second kappa shape index (κ2) is 4.81. The molecular formula is C13H15ClFN3O. The zero-order valence-corrected chi connectivity index (χ0v) is 11.5. The summed E-state index contributed by atoms with van der Waals surface area (Å²) in [6, 6.07) is 4.27. The molecule has 2 rings (SSSR count). The van der Waals surface area contributed by atoms with Crippen molar-refractivity contribution in [3.05, 3.63) is 29.8 Å². The number of hydrogen-bond donors (Lipinski definition) is 1. The van der Waals surface area contributed by atoms with Gasteiger partial charge in [-0.1, -0.05) is 0 Å². The van der Waals surface area contributed by atoms with E-state index < -0.39 is 11.4 Å². The van der Waals surface area contributed by atoms with E-state index in [2.05, 4.69) is 4.98 Å². The fourth-order valence-corrected chi connectivity index (χ4v) is 2.25. The topological polar surface area (TPSA) is 60.9 Å². The monoisotopic (exact) mass is 283 g/mol. The molecule has 1 heterocycles. The molecule has 0 fully saturated rings. The predicted octanol–water partition coefficient (Wildman–Crippen LogP) is 2.18. The van der Waals surface area contributed by atoms with Crippen molar-refractivity contribution in [1.82, 2.24) is 9.55 Å². The molecule has 0 saturated heterocycles. The molecule has 0 saturated carbocycles. The number of alkyl halides is 1. The van der Waals surface area contributed by atoms with Gasteiger partial charge in [-0.25, -0.2) is 9.37 Å². The van der Waals surface area contributed by atoms with Crippen molar-refractivity contribution in [2.75, 3.05) is 5.88 Å². The molecule has 4 nitrogen and oxygen atoms in total. The van der Waals surface area contributed by atoms with Gasteiger partial charge in [0.05, 0.1) is 11.0 Å². The van der Waals surface area contributed by atoms with E-state index in [9.17, 15) is 9.18 Å². The molecule has 2 aromatic rings. The third-order valence-corrected chi connectivity index (χ3v) is 3.36. The number of benzene rings is 1. The fourth-order valence-electron chi connectivity index (χ4n) is 2.08. The van der Waals surface area contributed by atoms with E-state index in [0.29, 0.717) is 29.2 Å². The van der Waals surface area contributed by atoms with Crippen LogP contribution in [0.15, 0.2) is 18.2 Å². The normalized spacial score (nSPS) is 12.0. The Morgan fingerprint density at radius 3 is 2.79 bits per heavy atom. The maximum atomic E-state index is 13.4. The lowest BCUT2D eigenvalue weighted by molar-refractivity contribution is -0.125. The average Bonchev–Trinajstić information content (AvgIpc) is 2.67. The van der Waals surface area contributed by atoms with Gasteiger partial charge in [-0.2, -0.15) is 0 Å². The van der Waals surface area contributed by atoms with E-state index in [1.165, 1.54) is 12.1 Å². The summed E-state index contributed by atoms with van der Waals surface area (Å²) in [7, 11) is 0. The van der Waals surface area contributed by atoms with Crippen LogP contribution in [0.25, 0.3) is 11.0 Å². The molecule has 102 valence electrons. The van der Waals surface area contributed by atoms with Gasteiger partial charge >= 0.3 is 0 Å². The quantitative estimate of drug-likeness (QED) is 0.874. The molecule has 0 radical (unpaired) electrons. The third kappa shape index (κ3) is 2.30. The Morgan fingerprint density at radius 1 is 1.53 bits per heavy atom. The first-order valence-electron chi connectivity index (χ1n) is 5.91. The first kappa shape index (κ1) is 13.8. The van der Waals surface area contributed by atoms with Crippen LogP contribution < -0.4 is 5.73 Å². The number of primary amides is 1. The molecule has 2 N–H and O–H groups in total. The second-order valence-corrected chi connectivity index (χ2v) is 5.24. The summed E-state index contributed by atoms with van der Waals surface area (Å²) in [5.74, 6) is 0.0957. The van der Waals surface area contributed by atoms with Crippen LogP contribution in [0.5, 0.6) is 0 Å². The van der Waals surface area contributed by atoms with Gasteiger partial charge in [0.1, 0.15) is 17.2 Å². The summed E-state index contributed by atoms with van der Waals surface area (Å²) < 4.78 is 15.1. The second-order valence-electron chi connectivity index (χ2n) is 4.86. The van der Waals surface area contributed by atoms with Crippen LogP contribution >= 0.6 is 11.6 Å². The number of halogens is 2. The molecule has 0 aliphatic carbocycles. The molecular weight excluding hydrogens is 269 g/mol. The smallest absolute Gasteiger partial charge is 0.243 e. The van der Waals surface area contributed by atoms with E-state index in [0.717, 1.165) is 0 Å². The van der Waals surface area contributed by atoms with Crippen LogP contribution in [0, 0.1) is 5.82 Å². The molecule has 0 unspecified atom stereocenters. The van der Waals surface area contributed by atoms with Gasteiger partial charge in [0.15, 0.2) is 0 Å². The Labute approximate surface area is 115 Å². The Bertz CT molecular complexity index is 636. The minimum Gasteiger partial charge on any atom is -0.368 e. The van der Waals surface area contributed by atoms with Crippen molar-refractivity contribution in [3.63, 3.8) is 0 Å². The number of carbonyl (C=O) groups is 1. The minimum absolute atomic E-state index is 0.362. The van der Waals surface area contributed by atoms with Crippen LogP contribution in [0.3, 0.4) is 0 Å². The number of aromatic nitrogens is 2. The number of fused-ring (bicyclic) bond motifs is 1. The lowest BCUT2D eigenvalue weighted by atomic mass is 10.0. The molecule has 0 aliphatic rings. The van der Waals surface area contributed by atoms with E-state index in [1.54, 1.807) is 24.5 Å². The molecule has 0 bridgehead atoms. The lowest BCUT2D eigenvalue weighted by Crippen LogP contribution is -2.42. The van der Waals surface area contributed by atoms with Crippen LogP contribution in [0.2, 0.25) is 0 Å². The summed E-state index contributed by atoms with van der Waals surface area (Å²) in [4.78, 5) is 16.0. The van der Waals surface area contributed by atoms with Crippen LogP contribution in [-0.2, 0) is 16.8 Å². The maximum absolute atomic E-state index is 13.4. The Morgan fingerprint density at radius 2 is 2.21 bits per heavy atom. The largest absolute Gasteiger partial charge is 0.368 e. The molecule has 0 atom stereocenters. The van der Waals surface area contributed by atoms with Gasteiger partial charge in [0.25, 0.3) is 0 Å². The van der Waals surface area contributed by atoms with Crippen LogP contribution in [-0.4, -0.2) is 21.3 Å². The highest BCUT2D eigenvalue weighted by molar-refractivity contribution is 6.17. The molecule has 0 aliphatic heterocycles. The highest BCUT2D eigenvalue weighted by Gasteiger charge is 2.31. The third-order valence-electron chi connectivity index (χ3n) is 3.17. The molecule has 1 amide bonds. The van der Waals surface area contributed by atoms with Gasteiger partial charge in [-0.05, 0) is 32.0 Å². The fraction of sp³-hybridized carbons (Fsp3) is 0.385. The lowest BCUT2D eigenvalue weighted by Gasteiger charge is -2.25. The number of hydrogen-bond acceptors (Lipinski definition) is 2. The number of aryl methyl sites for hydroxylation is 1. The van der Waals surface area contributed by atoms with E-state index >= 15 is 0 Å². The Hall–Kier alpha value is -1.62. The zero-order chi connectivity index (χ0) is 14.2. The van der Waals surface area contributed by atoms with Crippen molar-refractivity contribution in [2.45, 2.75) is 25.8 Å². The van der Waals surface area contributed by atoms with Crippen molar-refractivity contribution >= 4 is 28.5 Å². The summed E-state index contributed by atoms with van der Waals surface area (Å²) in [6.45, 7) is 3.36. The maximum Gasteiger partial charge on any atom is 0.243 e. The standard InChI is InChI=1S/C13H15ClFN3O/c1-13(2,12(16)19)18-10-7-8(15)3-4-9(10)17-11(18)5-6-14/h3-4,7H,5-6H2,1-2H3,(H2,16,19). The summed E-state index contributed by atoms with van der Waals surface area (Å²) in [5, 5.41) is 0. The molecule has 1 aromatic carbocycles. The highest BCUT2D eigenvalue weighted by Crippen LogP contribution is 2.26. The molecule has 19 heavy (non-hydrogen) atoms. The zero-order valence-electron chi connectivity index (χ0n) is 10.8. The molecule has 6 heteroatoms. The Kier molecular flexibility index (Phi) is 3.49. The predicted molar refractivity (Wildman–Crippen MR) is 72.6 cm³/mol. The highest BCUT2D eigenvalue weighted by atomic mass is 35.5. The van der Waals surface area contributed by atoms with Crippen molar-refractivity contribution < 1.29 is 9.18 Å². The van der Waals surface area contributed by atoms with Gasteiger partial charge in [0.2, 0.25) is 5.91 Å². The Balaban J connectivity index is 2.77.